The predicted octanol–water partition coefficient (Wildman–Crippen LogP) is 2.25. The second-order valence-corrected chi connectivity index (χ2v) is 9.35. The van der Waals surface area contributed by atoms with E-state index in [4.69, 9.17) is 17.6 Å². The highest BCUT2D eigenvalue weighted by Gasteiger charge is 2.35. The van der Waals surface area contributed by atoms with E-state index in [1.165, 1.54) is 0 Å². The molecule has 1 N–H and O–H groups in total. The SMILES string of the molecule is C#CCN1C[C@@H](C)N(C(=O)OC(C)(C)C)[C@@H](C)C1.C#CCN1C[C@@H](C)N[C@@H](C)C1. The van der Waals surface area contributed by atoms with Crippen LogP contribution in [0.2, 0.25) is 0 Å². The van der Waals surface area contributed by atoms with Gasteiger partial charge in [-0.1, -0.05) is 11.8 Å². The highest BCUT2D eigenvalue weighted by Crippen LogP contribution is 2.19. The quantitative estimate of drug-likeness (QED) is 0.716. The smallest absolute Gasteiger partial charge is 0.410 e. The summed E-state index contributed by atoms with van der Waals surface area (Å²) in [5, 5.41) is 3.46. The molecule has 1 amide bonds. The molecule has 2 saturated heterocycles. The second kappa shape index (κ2) is 11.5. The summed E-state index contributed by atoms with van der Waals surface area (Å²) in [5.41, 5.74) is -0.452. The standard InChI is InChI=1S/C14H24N2O2.C9H16N2/c1-7-8-15-9-11(2)16(12(3)10-15)13(17)18-14(4,5)6;1-4-5-11-6-8(2)10-9(3)7-11/h1,11-12H,8-10H2,2-6H3;1,8-10H,5-7H2,2-3H3/t11-,12+;8-,9+. The second-order valence-electron chi connectivity index (χ2n) is 9.35. The third-order valence-corrected chi connectivity index (χ3v) is 4.86. The Kier molecular flexibility index (Phi) is 10.00. The lowest BCUT2D eigenvalue weighted by Gasteiger charge is -2.44. The number of amides is 1. The van der Waals surface area contributed by atoms with Crippen molar-refractivity contribution < 1.29 is 9.53 Å². The molecule has 6 nitrogen and oxygen atoms in total. The third kappa shape index (κ3) is 9.09. The van der Waals surface area contributed by atoms with Gasteiger partial charge in [-0.2, -0.15) is 0 Å². The van der Waals surface area contributed by atoms with Crippen molar-refractivity contribution in [3.63, 3.8) is 0 Å². The number of carbonyl (C=O) groups is 1. The average molecular weight is 405 g/mol. The van der Waals surface area contributed by atoms with Gasteiger partial charge in [0.1, 0.15) is 5.60 Å². The first kappa shape index (κ1) is 25.3. The Hall–Kier alpha value is -1.73. The first-order valence-electron chi connectivity index (χ1n) is 10.6. The van der Waals surface area contributed by atoms with E-state index in [2.05, 4.69) is 40.8 Å². The van der Waals surface area contributed by atoms with Crippen LogP contribution in [0.3, 0.4) is 0 Å². The normalized spacial score (nSPS) is 28.5. The van der Waals surface area contributed by atoms with Crippen molar-refractivity contribution in [3.8, 4) is 24.7 Å². The Morgan fingerprint density at radius 2 is 1.34 bits per heavy atom. The molecule has 0 aromatic carbocycles. The molecule has 0 saturated carbocycles. The molecule has 6 heteroatoms. The first-order chi connectivity index (χ1) is 13.5. The monoisotopic (exact) mass is 404 g/mol. The summed E-state index contributed by atoms with van der Waals surface area (Å²) >= 11 is 0. The number of ether oxygens (including phenoxy) is 1. The van der Waals surface area contributed by atoms with Gasteiger partial charge < -0.3 is 15.0 Å². The topological polar surface area (TPSA) is 48.1 Å². The van der Waals surface area contributed by atoms with Crippen LogP contribution < -0.4 is 5.32 Å². The zero-order chi connectivity index (χ0) is 22.2. The number of terminal acetylenes is 2. The summed E-state index contributed by atoms with van der Waals surface area (Å²) in [6, 6.07) is 1.40. The van der Waals surface area contributed by atoms with E-state index in [9.17, 15) is 4.79 Å². The van der Waals surface area contributed by atoms with E-state index in [0.29, 0.717) is 18.6 Å². The largest absolute Gasteiger partial charge is 0.444 e. The molecule has 0 aliphatic carbocycles. The molecule has 2 rings (SSSR count). The predicted molar refractivity (Wildman–Crippen MR) is 120 cm³/mol. The van der Waals surface area contributed by atoms with Gasteiger partial charge in [0.25, 0.3) is 0 Å². The van der Waals surface area contributed by atoms with Gasteiger partial charge in [0.2, 0.25) is 0 Å². The van der Waals surface area contributed by atoms with Crippen LogP contribution >= 0.6 is 0 Å². The molecule has 164 valence electrons. The molecule has 2 aliphatic heterocycles. The van der Waals surface area contributed by atoms with E-state index < -0.39 is 5.60 Å². The van der Waals surface area contributed by atoms with Crippen molar-refractivity contribution in [2.45, 2.75) is 78.2 Å². The van der Waals surface area contributed by atoms with Gasteiger partial charge in [-0.15, -0.1) is 12.8 Å². The van der Waals surface area contributed by atoms with Gasteiger partial charge in [0.15, 0.2) is 0 Å². The number of piperazine rings is 2. The van der Waals surface area contributed by atoms with Crippen LogP contribution in [0.4, 0.5) is 4.79 Å². The maximum absolute atomic E-state index is 12.1. The molecular weight excluding hydrogens is 364 g/mol. The Morgan fingerprint density at radius 1 is 0.931 bits per heavy atom. The van der Waals surface area contributed by atoms with Crippen LogP contribution in [-0.2, 0) is 4.74 Å². The Labute approximate surface area is 178 Å². The molecule has 0 radical (unpaired) electrons. The third-order valence-electron chi connectivity index (χ3n) is 4.86. The fourth-order valence-corrected chi connectivity index (χ4v) is 4.06. The van der Waals surface area contributed by atoms with E-state index in [-0.39, 0.29) is 18.2 Å². The van der Waals surface area contributed by atoms with Crippen molar-refractivity contribution in [3.05, 3.63) is 0 Å². The minimum absolute atomic E-state index is 0.122. The zero-order valence-corrected chi connectivity index (χ0v) is 19.4. The minimum Gasteiger partial charge on any atom is -0.444 e. The van der Waals surface area contributed by atoms with Crippen molar-refractivity contribution in [2.75, 3.05) is 39.3 Å². The van der Waals surface area contributed by atoms with Gasteiger partial charge in [-0.05, 0) is 48.5 Å². The fourth-order valence-electron chi connectivity index (χ4n) is 4.06. The van der Waals surface area contributed by atoms with Crippen LogP contribution in [-0.4, -0.2) is 89.8 Å². The van der Waals surface area contributed by atoms with Crippen LogP contribution in [0.5, 0.6) is 0 Å². The Balaban J connectivity index is 0.000000326. The van der Waals surface area contributed by atoms with E-state index in [0.717, 1.165) is 32.7 Å². The summed E-state index contributed by atoms with van der Waals surface area (Å²) in [4.78, 5) is 18.5. The summed E-state index contributed by atoms with van der Waals surface area (Å²) in [5.74, 6) is 5.33. The number of hydrogen-bond donors (Lipinski definition) is 1. The summed E-state index contributed by atoms with van der Waals surface area (Å²) < 4.78 is 5.44. The van der Waals surface area contributed by atoms with Crippen molar-refractivity contribution >= 4 is 6.09 Å². The summed E-state index contributed by atoms with van der Waals surface area (Å²) in [6.45, 7) is 19.3. The number of hydrogen-bond acceptors (Lipinski definition) is 5. The molecule has 2 aliphatic rings. The highest BCUT2D eigenvalue weighted by molar-refractivity contribution is 5.69. The van der Waals surface area contributed by atoms with E-state index >= 15 is 0 Å². The molecule has 29 heavy (non-hydrogen) atoms. The molecule has 2 fully saturated rings. The number of nitrogens with zero attached hydrogens (tertiary/aromatic N) is 3. The molecular formula is C23H40N4O2. The summed E-state index contributed by atoms with van der Waals surface area (Å²) in [6.07, 6.45) is 10.3. The van der Waals surface area contributed by atoms with Gasteiger partial charge >= 0.3 is 6.09 Å². The van der Waals surface area contributed by atoms with E-state index in [1.807, 2.05) is 39.5 Å². The number of rotatable bonds is 2. The molecule has 2 heterocycles. The lowest BCUT2D eigenvalue weighted by molar-refractivity contribution is -0.0129. The number of nitrogens with one attached hydrogen (secondary N) is 1. The Morgan fingerprint density at radius 3 is 1.72 bits per heavy atom. The first-order valence-corrected chi connectivity index (χ1v) is 10.6. The Bertz CT molecular complexity index is 579. The minimum atomic E-state index is -0.452. The molecule has 4 atom stereocenters. The lowest BCUT2D eigenvalue weighted by Crippen LogP contribution is -2.59. The van der Waals surface area contributed by atoms with Gasteiger partial charge in [-0.25, -0.2) is 4.79 Å². The molecule has 0 spiro atoms. The van der Waals surface area contributed by atoms with Crippen molar-refractivity contribution in [1.29, 1.82) is 0 Å². The summed E-state index contributed by atoms with van der Waals surface area (Å²) in [7, 11) is 0. The molecule has 0 aromatic rings. The lowest BCUT2D eigenvalue weighted by atomic mass is 10.1. The fraction of sp³-hybridized carbons (Fsp3) is 0.783. The van der Waals surface area contributed by atoms with Crippen LogP contribution in [0, 0.1) is 24.7 Å². The maximum Gasteiger partial charge on any atom is 0.410 e. The molecule has 0 aromatic heterocycles. The average Bonchev–Trinajstić information content (AvgIpc) is 2.52. The van der Waals surface area contributed by atoms with E-state index in [1.54, 1.807) is 0 Å². The van der Waals surface area contributed by atoms with Crippen molar-refractivity contribution in [1.82, 2.24) is 20.0 Å². The van der Waals surface area contributed by atoms with Crippen molar-refractivity contribution in [2.24, 2.45) is 0 Å². The van der Waals surface area contributed by atoms with Gasteiger partial charge in [0.05, 0.1) is 13.1 Å². The zero-order valence-electron chi connectivity index (χ0n) is 19.4. The number of carbonyl (C=O) groups excluding carboxylic acids is 1. The van der Waals surface area contributed by atoms with Crippen LogP contribution in [0.1, 0.15) is 48.5 Å². The molecule has 0 bridgehead atoms. The highest BCUT2D eigenvalue weighted by atomic mass is 16.6. The maximum atomic E-state index is 12.1. The van der Waals surface area contributed by atoms with Crippen LogP contribution in [0.15, 0.2) is 0 Å². The molecule has 0 unspecified atom stereocenters. The van der Waals surface area contributed by atoms with Gasteiger partial charge in [-0.3, -0.25) is 9.80 Å². The van der Waals surface area contributed by atoms with Gasteiger partial charge in [0, 0.05) is 50.3 Å². The van der Waals surface area contributed by atoms with Crippen LogP contribution in [0.25, 0.3) is 0 Å².